The van der Waals surface area contributed by atoms with E-state index in [2.05, 4.69) is 14.9 Å². The van der Waals surface area contributed by atoms with Crippen LogP contribution < -0.4 is 9.64 Å². The van der Waals surface area contributed by atoms with Crippen molar-refractivity contribution in [3.63, 3.8) is 0 Å². The highest BCUT2D eigenvalue weighted by molar-refractivity contribution is 5.79. The Kier molecular flexibility index (Phi) is 4.88. The van der Waals surface area contributed by atoms with E-state index in [0.717, 1.165) is 0 Å². The van der Waals surface area contributed by atoms with Gasteiger partial charge in [-0.25, -0.2) is 14.4 Å². The van der Waals surface area contributed by atoms with E-state index in [9.17, 15) is 9.18 Å². The summed E-state index contributed by atoms with van der Waals surface area (Å²) in [6.07, 6.45) is 3.60. The van der Waals surface area contributed by atoms with Gasteiger partial charge in [0.2, 0.25) is 11.9 Å². The Morgan fingerprint density at radius 1 is 1.21 bits per heavy atom. The molecule has 6 nitrogen and oxygen atoms in total. The number of amides is 1. The van der Waals surface area contributed by atoms with Crippen LogP contribution in [0.1, 0.15) is 5.56 Å². The second-order valence-electron chi connectivity index (χ2n) is 5.56. The topological polar surface area (TPSA) is 58.6 Å². The molecule has 2 aromatic rings. The minimum absolute atomic E-state index is 0.00630. The number of piperazine rings is 1. The zero-order valence-corrected chi connectivity index (χ0v) is 13.5. The number of anilines is 1. The van der Waals surface area contributed by atoms with Crippen LogP contribution >= 0.6 is 0 Å². The van der Waals surface area contributed by atoms with E-state index in [1.54, 1.807) is 35.5 Å². The minimum atomic E-state index is -0.450. The average molecular weight is 330 g/mol. The zero-order chi connectivity index (χ0) is 16.9. The zero-order valence-electron chi connectivity index (χ0n) is 13.5. The van der Waals surface area contributed by atoms with Crippen LogP contribution in [0, 0.1) is 5.82 Å². The molecule has 126 valence electrons. The summed E-state index contributed by atoms with van der Waals surface area (Å²) in [7, 11) is 1.42. The summed E-state index contributed by atoms with van der Waals surface area (Å²) in [6, 6.07) is 6.39. The first kappa shape index (κ1) is 16.2. The van der Waals surface area contributed by atoms with E-state index >= 15 is 0 Å². The number of rotatable bonds is 4. The third kappa shape index (κ3) is 3.61. The van der Waals surface area contributed by atoms with Crippen molar-refractivity contribution in [3.05, 3.63) is 48.0 Å². The Labute approximate surface area is 139 Å². The van der Waals surface area contributed by atoms with Gasteiger partial charge in [-0.3, -0.25) is 4.79 Å². The number of nitrogens with zero attached hydrogens (tertiary/aromatic N) is 4. The quantitative estimate of drug-likeness (QED) is 0.851. The molecule has 1 aliphatic rings. The number of ether oxygens (including phenoxy) is 1. The SMILES string of the molecule is COc1ccc(CC(=O)N2CCN(c3ncccn3)CC2)cc1F. The highest BCUT2D eigenvalue weighted by Gasteiger charge is 2.22. The van der Waals surface area contributed by atoms with Gasteiger partial charge in [0.05, 0.1) is 13.5 Å². The van der Waals surface area contributed by atoms with Crippen molar-refractivity contribution in [1.82, 2.24) is 14.9 Å². The van der Waals surface area contributed by atoms with Gasteiger partial charge in [-0.15, -0.1) is 0 Å². The number of carbonyl (C=O) groups is 1. The van der Waals surface area contributed by atoms with E-state index < -0.39 is 5.82 Å². The Morgan fingerprint density at radius 2 is 1.92 bits per heavy atom. The van der Waals surface area contributed by atoms with Crippen molar-refractivity contribution in [2.75, 3.05) is 38.2 Å². The third-order valence-corrected chi connectivity index (χ3v) is 4.04. The molecular weight excluding hydrogens is 311 g/mol. The number of halogens is 1. The average Bonchev–Trinajstić information content (AvgIpc) is 2.63. The monoisotopic (exact) mass is 330 g/mol. The maximum Gasteiger partial charge on any atom is 0.227 e. The first-order chi connectivity index (χ1) is 11.7. The molecule has 24 heavy (non-hydrogen) atoms. The summed E-state index contributed by atoms with van der Waals surface area (Å²) >= 11 is 0. The molecule has 0 radical (unpaired) electrons. The summed E-state index contributed by atoms with van der Waals surface area (Å²) in [5.74, 6) is 0.409. The Morgan fingerprint density at radius 3 is 2.54 bits per heavy atom. The van der Waals surface area contributed by atoms with Crippen LogP contribution in [0.4, 0.5) is 10.3 Å². The van der Waals surface area contributed by atoms with E-state index in [0.29, 0.717) is 37.7 Å². The number of hydrogen-bond donors (Lipinski definition) is 0. The first-order valence-corrected chi connectivity index (χ1v) is 7.79. The van der Waals surface area contributed by atoms with Gasteiger partial charge in [-0.2, -0.15) is 0 Å². The summed E-state index contributed by atoms with van der Waals surface area (Å²) in [4.78, 5) is 24.7. The second kappa shape index (κ2) is 7.25. The summed E-state index contributed by atoms with van der Waals surface area (Å²) in [6.45, 7) is 2.59. The molecule has 1 aromatic heterocycles. The van der Waals surface area contributed by atoms with Gasteiger partial charge in [0, 0.05) is 38.6 Å². The van der Waals surface area contributed by atoms with E-state index in [1.165, 1.54) is 13.2 Å². The molecule has 0 aliphatic carbocycles. The predicted molar refractivity (Wildman–Crippen MR) is 87.5 cm³/mol. The van der Waals surface area contributed by atoms with Crippen LogP contribution in [-0.2, 0) is 11.2 Å². The second-order valence-corrected chi connectivity index (χ2v) is 5.56. The van der Waals surface area contributed by atoms with Gasteiger partial charge in [0.15, 0.2) is 11.6 Å². The lowest BCUT2D eigenvalue weighted by molar-refractivity contribution is -0.130. The molecule has 1 aliphatic heterocycles. The van der Waals surface area contributed by atoms with Crippen LogP contribution in [0.3, 0.4) is 0 Å². The van der Waals surface area contributed by atoms with E-state index in [1.807, 2.05) is 0 Å². The number of carbonyl (C=O) groups excluding carboxylic acids is 1. The summed E-state index contributed by atoms with van der Waals surface area (Å²) in [5, 5.41) is 0. The van der Waals surface area contributed by atoms with Crippen molar-refractivity contribution in [1.29, 1.82) is 0 Å². The minimum Gasteiger partial charge on any atom is -0.494 e. The van der Waals surface area contributed by atoms with Crippen molar-refractivity contribution in [3.8, 4) is 5.75 Å². The fourth-order valence-electron chi connectivity index (χ4n) is 2.72. The molecule has 1 amide bonds. The molecular formula is C17H19FN4O2. The molecule has 1 saturated heterocycles. The van der Waals surface area contributed by atoms with Gasteiger partial charge >= 0.3 is 0 Å². The third-order valence-electron chi connectivity index (χ3n) is 4.04. The molecule has 0 spiro atoms. The number of aromatic nitrogens is 2. The van der Waals surface area contributed by atoms with Gasteiger partial charge in [-0.1, -0.05) is 6.07 Å². The fourth-order valence-corrected chi connectivity index (χ4v) is 2.72. The molecule has 1 fully saturated rings. The Bertz CT molecular complexity index is 703. The molecule has 3 rings (SSSR count). The Balaban J connectivity index is 1.56. The molecule has 0 N–H and O–H groups in total. The largest absolute Gasteiger partial charge is 0.494 e. The van der Waals surface area contributed by atoms with Crippen LogP contribution in [0.2, 0.25) is 0 Å². The highest BCUT2D eigenvalue weighted by Crippen LogP contribution is 2.18. The van der Waals surface area contributed by atoms with Crippen molar-refractivity contribution >= 4 is 11.9 Å². The fraction of sp³-hybridized carbons (Fsp3) is 0.353. The Hall–Kier alpha value is -2.70. The van der Waals surface area contributed by atoms with Crippen LogP contribution in [0.5, 0.6) is 5.75 Å². The predicted octanol–water partition coefficient (Wildman–Crippen LogP) is 1.52. The summed E-state index contributed by atoms with van der Waals surface area (Å²) in [5.41, 5.74) is 0.645. The van der Waals surface area contributed by atoms with Gasteiger partial charge in [0.1, 0.15) is 0 Å². The number of hydrogen-bond acceptors (Lipinski definition) is 5. The lowest BCUT2D eigenvalue weighted by Gasteiger charge is -2.34. The molecule has 0 atom stereocenters. The maximum absolute atomic E-state index is 13.7. The lowest BCUT2D eigenvalue weighted by atomic mass is 10.1. The van der Waals surface area contributed by atoms with E-state index in [4.69, 9.17) is 4.74 Å². The van der Waals surface area contributed by atoms with Crippen molar-refractivity contribution in [2.24, 2.45) is 0 Å². The molecule has 7 heteroatoms. The molecule has 0 bridgehead atoms. The highest BCUT2D eigenvalue weighted by atomic mass is 19.1. The summed E-state index contributed by atoms with van der Waals surface area (Å²) < 4.78 is 18.6. The maximum atomic E-state index is 13.7. The van der Waals surface area contributed by atoms with Gasteiger partial charge in [-0.05, 0) is 23.8 Å². The number of methoxy groups -OCH3 is 1. The standard InChI is InChI=1S/C17H19FN4O2/c1-24-15-4-3-13(11-14(15)18)12-16(23)21-7-9-22(10-8-21)17-19-5-2-6-20-17/h2-6,11H,7-10,12H2,1H3. The van der Waals surface area contributed by atoms with Crippen LogP contribution in [0.25, 0.3) is 0 Å². The van der Waals surface area contributed by atoms with Crippen LogP contribution in [-0.4, -0.2) is 54.1 Å². The van der Waals surface area contributed by atoms with Crippen molar-refractivity contribution < 1.29 is 13.9 Å². The first-order valence-electron chi connectivity index (χ1n) is 7.79. The lowest BCUT2D eigenvalue weighted by Crippen LogP contribution is -2.49. The smallest absolute Gasteiger partial charge is 0.227 e. The van der Waals surface area contributed by atoms with Gasteiger partial charge < -0.3 is 14.5 Å². The normalized spacial score (nSPS) is 14.6. The number of benzene rings is 1. The van der Waals surface area contributed by atoms with Crippen molar-refractivity contribution in [2.45, 2.75) is 6.42 Å². The molecule has 1 aromatic carbocycles. The van der Waals surface area contributed by atoms with E-state index in [-0.39, 0.29) is 18.1 Å². The van der Waals surface area contributed by atoms with Crippen LogP contribution in [0.15, 0.2) is 36.7 Å². The van der Waals surface area contributed by atoms with Gasteiger partial charge in [0.25, 0.3) is 0 Å². The molecule has 0 unspecified atom stereocenters. The molecule has 2 heterocycles. The molecule has 0 saturated carbocycles.